The molecule has 4 rings (SSSR count). The second kappa shape index (κ2) is 10.1. The molecule has 1 saturated heterocycles. The molecule has 2 unspecified atom stereocenters. The minimum atomic E-state index is -0.125. The largest absolute Gasteiger partial charge is 0.493 e. The summed E-state index contributed by atoms with van der Waals surface area (Å²) in [6.07, 6.45) is 11.1. The summed E-state index contributed by atoms with van der Waals surface area (Å²) in [5.74, 6) is 3.05. The molecule has 1 aromatic carbocycles. The molecule has 1 aromatic heterocycles. The molecule has 2 aliphatic rings. The first-order valence-electron chi connectivity index (χ1n) is 11.6. The first kappa shape index (κ1) is 22.2. The molecule has 170 valence electrons. The molecule has 1 aliphatic carbocycles. The number of nitrogens with one attached hydrogen (secondary N) is 1. The van der Waals surface area contributed by atoms with Crippen LogP contribution in [-0.4, -0.2) is 35.8 Å². The molecule has 32 heavy (non-hydrogen) atoms. The zero-order valence-electron chi connectivity index (χ0n) is 19.3. The zero-order chi connectivity index (χ0) is 22.5. The highest BCUT2D eigenvalue weighted by Crippen LogP contribution is 2.27. The van der Waals surface area contributed by atoms with Gasteiger partial charge in [-0.1, -0.05) is 48.0 Å². The van der Waals surface area contributed by atoms with Crippen LogP contribution in [0.25, 0.3) is 6.08 Å². The van der Waals surface area contributed by atoms with Crippen molar-refractivity contribution in [1.29, 1.82) is 0 Å². The van der Waals surface area contributed by atoms with Crippen molar-refractivity contribution in [2.45, 2.75) is 46.5 Å². The van der Waals surface area contributed by atoms with E-state index < -0.39 is 0 Å². The standard InChI is InChI=1S/C26H33N3O3/c1-18-16-29(26(30)27-25-19(2)20(3)32-28-25)13-12-23(18)14-22-10-7-11-24(15-22)31-17-21-8-5-4-6-9-21/h4-5,7,10-11,14-15,18,21H,6,8-9,12-13,16-17H2,1-3H3,(H,27,28,30). The van der Waals surface area contributed by atoms with Crippen molar-refractivity contribution in [3.8, 4) is 5.75 Å². The summed E-state index contributed by atoms with van der Waals surface area (Å²) in [5.41, 5.74) is 3.38. The van der Waals surface area contributed by atoms with Crippen LogP contribution in [0.15, 0.2) is 46.5 Å². The van der Waals surface area contributed by atoms with Gasteiger partial charge in [0.1, 0.15) is 11.5 Å². The molecule has 0 radical (unpaired) electrons. The highest BCUT2D eigenvalue weighted by molar-refractivity contribution is 5.89. The van der Waals surface area contributed by atoms with Gasteiger partial charge in [0.25, 0.3) is 0 Å². The fourth-order valence-corrected chi connectivity index (χ4v) is 4.29. The van der Waals surface area contributed by atoms with Gasteiger partial charge in [-0.15, -0.1) is 0 Å². The van der Waals surface area contributed by atoms with Gasteiger partial charge in [0, 0.05) is 18.7 Å². The second-order valence-electron chi connectivity index (χ2n) is 8.99. The van der Waals surface area contributed by atoms with Crippen LogP contribution in [0.1, 0.15) is 49.5 Å². The Morgan fingerprint density at radius 1 is 1.34 bits per heavy atom. The van der Waals surface area contributed by atoms with Crippen LogP contribution >= 0.6 is 0 Å². The number of aryl methyl sites for hydroxylation is 1. The van der Waals surface area contributed by atoms with Crippen LogP contribution < -0.4 is 10.1 Å². The lowest BCUT2D eigenvalue weighted by Gasteiger charge is -2.33. The van der Waals surface area contributed by atoms with Gasteiger partial charge in [0.15, 0.2) is 5.82 Å². The first-order chi connectivity index (χ1) is 15.5. The van der Waals surface area contributed by atoms with Gasteiger partial charge in [-0.05, 0) is 69.1 Å². The monoisotopic (exact) mass is 435 g/mol. The van der Waals surface area contributed by atoms with E-state index >= 15 is 0 Å². The van der Waals surface area contributed by atoms with E-state index in [0.717, 1.165) is 48.5 Å². The summed E-state index contributed by atoms with van der Waals surface area (Å²) in [5, 5.41) is 6.81. The number of carbonyl (C=O) groups excluding carboxylic acids is 1. The highest BCUT2D eigenvalue weighted by atomic mass is 16.5. The zero-order valence-corrected chi connectivity index (χ0v) is 19.3. The summed E-state index contributed by atoms with van der Waals surface area (Å²) >= 11 is 0. The van der Waals surface area contributed by atoms with E-state index in [1.54, 1.807) is 0 Å². The number of amides is 2. The van der Waals surface area contributed by atoms with Crippen molar-refractivity contribution in [3.05, 3.63) is 58.9 Å². The van der Waals surface area contributed by atoms with Gasteiger partial charge in [-0.3, -0.25) is 5.32 Å². The Hall–Kier alpha value is -3.02. The lowest BCUT2D eigenvalue weighted by molar-refractivity contribution is 0.197. The van der Waals surface area contributed by atoms with Crippen molar-refractivity contribution >= 4 is 17.9 Å². The molecule has 0 bridgehead atoms. The molecule has 1 aliphatic heterocycles. The highest BCUT2D eigenvalue weighted by Gasteiger charge is 2.25. The van der Waals surface area contributed by atoms with Gasteiger partial charge >= 0.3 is 6.03 Å². The Labute approximate surface area is 190 Å². The van der Waals surface area contributed by atoms with Crippen LogP contribution in [-0.2, 0) is 0 Å². The average molecular weight is 436 g/mol. The number of hydrogen-bond acceptors (Lipinski definition) is 4. The molecule has 0 saturated carbocycles. The van der Waals surface area contributed by atoms with E-state index in [2.05, 4.69) is 53.8 Å². The quantitative estimate of drug-likeness (QED) is 0.586. The molecule has 2 amide bonds. The minimum absolute atomic E-state index is 0.125. The topological polar surface area (TPSA) is 67.6 Å². The summed E-state index contributed by atoms with van der Waals surface area (Å²) in [6, 6.07) is 8.20. The maximum absolute atomic E-state index is 12.7. The molecular formula is C26H33N3O3. The predicted molar refractivity (Wildman–Crippen MR) is 127 cm³/mol. The fourth-order valence-electron chi connectivity index (χ4n) is 4.29. The number of aromatic nitrogens is 1. The number of ether oxygens (including phenoxy) is 1. The average Bonchev–Trinajstić information content (AvgIpc) is 3.12. The van der Waals surface area contributed by atoms with Crippen LogP contribution in [0, 0.1) is 25.7 Å². The third-order valence-corrected chi connectivity index (χ3v) is 6.54. The van der Waals surface area contributed by atoms with E-state index in [4.69, 9.17) is 9.26 Å². The van der Waals surface area contributed by atoms with E-state index in [9.17, 15) is 4.79 Å². The van der Waals surface area contributed by atoms with Crippen LogP contribution in [0.3, 0.4) is 0 Å². The first-order valence-corrected chi connectivity index (χ1v) is 11.6. The maximum Gasteiger partial charge on any atom is 0.323 e. The number of urea groups is 1. The maximum atomic E-state index is 12.7. The van der Waals surface area contributed by atoms with Gasteiger partial charge in [0.05, 0.1) is 6.61 Å². The molecule has 2 heterocycles. The molecule has 6 nitrogen and oxygen atoms in total. The number of nitrogens with zero attached hydrogens (tertiary/aromatic N) is 2. The number of piperidine rings is 1. The van der Waals surface area contributed by atoms with Gasteiger partial charge in [0.2, 0.25) is 0 Å². The number of carbonyl (C=O) groups is 1. The summed E-state index contributed by atoms with van der Waals surface area (Å²) < 4.78 is 11.2. The Morgan fingerprint density at radius 2 is 2.22 bits per heavy atom. The number of anilines is 1. The number of hydrogen-bond donors (Lipinski definition) is 1. The Kier molecular flexibility index (Phi) is 6.98. The van der Waals surface area contributed by atoms with Crippen molar-refractivity contribution in [2.75, 3.05) is 25.0 Å². The minimum Gasteiger partial charge on any atom is -0.493 e. The third kappa shape index (κ3) is 5.42. The van der Waals surface area contributed by atoms with Crippen LogP contribution in [0.5, 0.6) is 5.75 Å². The molecule has 6 heteroatoms. The van der Waals surface area contributed by atoms with Crippen molar-refractivity contribution < 1.29 is 14.1 Å². The summed E-state index contributed by atoms with van der Waals surface area (Å²) in [7, 11) is 0. The summed E-state index contributed by atoms with van der Waals surface area (Å²) in [6.45, 7) is 8.04. The Bertz CT molecular complexity index is 1010. The molecule has 2 atom stereocenters. The van der Waals surface area contributed by atoms with Crippen molar-refractivity contribution in [2.24, 2.45) is 11.8 Å². The van der Waals surface area contributed by atoms with Gasteiger partial charge < -0.3 is 14.2 Å². The Morgan fingerprint density at radius 3 is 2.94 bits per heavy atom. The van der Waals surface area contributed by atoms with Gasteiger partial charge in [-0.2, -0.15) is 0 Å². The number of benzene rings is 1. The number of likely N-dealkylation sites (tertiary alicyclic amines) is 1. The lowest BCUT2D eigenvalue weighted by atomic mass is 9.91. The second-order valence-corrected chi connectivity index (χ2v) is 8.99. The predicted octanol–water partition coefficient (Wildman–Crippen LogP) is 5.98. The van der Waals surface area contributed by atoms with E-state index in [-0.39, 0.29) is 11.9 Å². The molecule has 1 fully saturated rings. The SMILES string of the molecule is Cc1onc(NC(=O)N2CCC(=Cc3cccc(OCC4CC=CCC4)c3)C(C)C2)c1C. The third-order valence-electron chi connectivity index (χ3n) is 6.54. The van der Waals surface area contributed by atoms with E-state index in [1.807, 2.05) is 24.8 Å². The van der Waals surface area contributed by atoms with E-state index in [1.165, 1.54) is 12.0 Å². The molecule has 2 aromatic rings. The smallest absolute Gasteiger partial charge is 0.323 e. The normalized spacial score (nSPS) is 22.2. The van der Waals surface area contributed by atoms with Crippen molar-refractivity contribution in [1.82, 2.24) is 10.1 Å². The number of rotatable bonds is 5. The van der Waals surface area contributed by atoms with Gasteiger partial charge in [-0.25, -0.2) is 4.79 Å². The van der Waals surface area contributed by atoms with E-state index in [0.29, 0.717) is 24.8 Å². The molecule has 0 spiro atoms. The van der Waals surface area contributed by atoms with Crippen LogP contribution in [0.2, 0.25) is 0 Å². The summed E-state index contributed by atoms with van der Waals surface area (Å²) in [4.78, 5) is 14.5. The van der Waals surface area contributed by atoms with Crippen LogP contribution in [0.4, 0.5) is 10.6 Å². The Balaban J connectivity index is 1.33. The molecular weight excluding hydrogens is 402 g/mol. The lowest BCUT2D eigenvalue weighted by Crippen LogP contribution is -2.42. The molecule has 1 N–H and O–H groups in total. The number of allylic oxidation sites excluding steroid dienone is 2. The van der Waals surface area contributed by atoms with Crippen molar-refractivity contribution in [3.63, 3.8) is 0 Å². The fraction of sp³-hybridized carbons (Fsp3) is 0.462.